The van der Waals surface area contributed by atoms with Gasteiger partial charge in [-0.2, -0.15) is 0 Å². The van der Waals surface area contributed by atoms with Gasteiger partial charge >= 0.3 is 0 Å². The summed E-state index contributed by atoms with van der Waals surface area (Å²) < 4.78 is 12.9. The van der Waals surface area contributed by atoms with Crippen molar-refractivity contribution in [3.8, 4) is 0 Å². The maximum absolute atomic E-state index is 12.9. The lowest BCUT2D eigenvalue weighted by Gasteiger charge is -2.31. The molecule has 6 heteroatoms. The average Bonchev–Trinajstić information content (AvgIpc) is 3.03. The zero-order valence-electron chi connectivity index (χ0n) is 12.2. The smallest absolute Gasteiger partial charge is 0.251 e. The van der Waals surface area contributed by atoms with Crippen molar-refractivity contribution in [2.75, 3.05) is 13.1 Å². The van der Waals surface area contributed by atoms with Gasteiger partial charge in [0, 0.05) is 36.6 Å². The highest BCUT2D eigenvalue weighted by Crippen LogP contribution is 2.14. The molecule has 0 unspecified atom stereocenters. The van der Waals surface area contributed by atoms with Crippen LogP contribution in [0.15, 0.2) is 35.2 Å². The van der Waals surface area contributed by atoms with E-state index in [1.165, 1.54) is 24.3 Å². The van der Waals surface area contributed by atoms with Gasteiger partial charge in [0.15, 0.2) is 0 Å². The fourth-order valence-electron chi connectivity index (χ4n) is 2.65. The summed E-state index contributed by atoms with van der Waals surface area (Å²) in [5.41, 5.74) is 3.47. The number of piperidine rings is 1. The molecule has 1 aliphatic rings. The molecule has 1 aromatic carbocycles. The third kappa shape index (κ3) is 3.90. The summed E-state index contributed by atoms with van der Waals surface area (Å²) in [6.45, 7) is 2.78. The second-order valence-corrected chi connectivity index (χ2v) is 6.23. The zero-order valence-corrected chi connectivity index (χ0v) is 13.0. The summed E-state index contributed by atoms with van der Waals surface area (Å²) >= 11 is 1.61. The van der Waals surface area contributed by atoms with Crippen molar-refractivity contribution in [2.45, 2.75) is 25.4 Å². The summed E-state index contributed by atoms with van der Waals surface area (Å²) in [6.07, 6.45) is 1.86. The normalized spacial score (nSPS) is 16.6. The molecule has 2 heterocycles. The predicted octanol–water partition coefficient (Wildman–Crippen LogP) is 2.68. The van der Waals surface area contributed by atoms with Crippen LogP contribution in [0.4, 0.5) is 4.39 Å². The third-order valence-corrected chi connectivity index (χ3v) is 4.53. The fraction of sp³-hybridized carbons (Fsp3) is 0.375. The number of carbonyl (C=O) groups is 1. The number of hydrogen-bond donors (Lipinski definition) is 1. The van der Waals surface area contributed by atoms with Gasteiger partial charge in [-0.3, -0.25) is 9.69 Å². The number of nitrogens with one attached hydrogen (secondary N) is 1. The second kappa shape index (κ2) is 6.98. The Morgan fingerprint density at radius 3 is 2.68 bits per heavy atom. The van der Waals surface area contributed by atoms with Gasteiger partial charge in [0.05, 0.1) is 11.2 Å². The zero-order chi connectivity index (χ0) is 15.4. The fourth-order valence-corrected chi connectivity index (χ4v) is 3.20. The number of aromatic nitrogens is 1. The Morgan fingerprint density at radius 2 is 2.05 bits per heavy atom. The van der Waals surface area contributed by atoms with Gasteiger partial charge in [0.2, 0.25) is 0 Å². The molecule has 116 valence electrons. The van der Waals surface area contributed by atoms with Crippen LogP contribution in [0, 0.1) is 5.82 Å². The van der Waals surface area contributed by atoms with E-state index >= 15 is 0 Å². The van der Waals surface area contributed by atoms with E-state index in [0.29, 0.717) is 5.56 Å². The van der Waals surface area contributed by atoms with Gasteiger partial charge in [-0.15, -0.1) is 11.3 Å². The minimum absolute atomic E-state index is 0.127. The molecule has 4 nitrogen and oxygen atoms in total. The minimum atomic E-state index is -0.327. The van der Waals surface area contributed by atoms with E-state index in [2.05, 4.69) is 20.6 Å². The van der Waals surface area contributed by atoms with E-state index in [4.69, 9.17) is 0 Å². The second-order valence-electron chi connectivity index (χ2n) is 5.51. The lowest BCUT2D eigenvalue weighted by atomic mass is 10.0. The summed E-state index contributed by atoms with van der Waals surface area (Å²) in [4.78, 5) is 18.8. The van der Waals surface area contributed by atoms with E-state index < -0.39 is 0 Å². The number of carbonyl (C=O) groups excluding carboxylic acids is 1. The molecule has 0 atom stereocenters. The minimum Gasteiger partial charge on any atom is -0.349 e. The number of amides is 1. The average molecular weight is 319 g/mol. The highest BCUT2D eigenvalue weighted by molar-refractivity contribution is 7.07. The highest BCUT2D eigenvalue weighted by atomic mass is 32.1. The van der Waals surface area contributed by atoms with E-state index in [9.17, 15) is 9.18 Å². The van der Waals surface area contributed by atoms with Crippen LogP contribution in [0.25, 0.3) is 0 Å². The Hall–Kier alpha value is -1.79. The molecule has 1 amide bonds. The maximum Gasteiger partial charge on any atom is 0.251 e. The van der Waals surface area contributed by atoms with Crippen molar-refractivity contribution < 1.29 is 9.18 Å². The molecule has 0 aliphatic carbocycles. The molecule has 22 heavy (non-hydrogen) atoms. The first-order valence-electron chi connectivity index (χ1n) is 7.36. The molecular weight excluding hydrogens is 301 g/mol. The molecule has 1 fully saturated rings. The van der Waals surface area contributed by atoms with E-state index in [1.807, 2.05) is 5.51 Å². The molecule has 0 saturated carbocycles. The van der Waals surface area contributed by atoms with Gasteiger partial charge in [0.1, 0.15) is 5.82 Å². The number of rotatable bonds is 4. The summed E-state index contributed by atoms with van der Waals surface area (Å²) in [6, 6.07) is 5.84. The monoisotopic (exact) mass is 319 g/mol. The molecule has 0 bridgehead atoms. The van der Waals surface area contributed by atoms with Crippen molar-refractivity contribution >= 4 is 17.2 Å². The van der Waals surface area contributed by atoms with Crippen LogP contribution in [0.2, 0.25) is 0 Å². The van der Waals surface area contributed by atoms with Crippen LogP contribution in [0.1, 0.15) is 28.9 Å². The van der Waals surface area contributed by atoms with Gasteiger partial charge in [-0.1, -0.05) is 0 Å². The van der Waals surface area contributed by atoms with Crippen molar-refractivity contribution in [1.29, 1.82) is 0 Å². The van der Waals surface area contributed by atoms with Crippen molar-refractivity contribution in [2.24, 2.45) is 0 Å². The molecule has 1 N–H and O–H groups in total. The van der Waals surface area contributed by atoms with Crippen LogP contribution in [-0.4, -0.2) is 34.9 Å². The van der Waals surface area contributed by atoms with Crippen molar-refractivity contribution in [3.63, 3.8) is 0 Å². The van der Waals surface area contributed by atoms with Crippen molar-refractivity contribution in [3.05, 3.63) is 52.2 Å². The molecule has 1 aliphatic heterocycles. The van der Waals surface area contributed by atoms with E-state index in [1.54, 1.807) is 11.3 Å². The Morgan fingerprint density at radius 1 is 1.32 bits per heavy atom. The third-order valence-electron chi connectivity index (χ3n) is 3.90. The SMILES string of the molecule is O=C(NC1CCN(Cc2cscn2)CC1)c1ccc(F)cc1. The first-order chi connectivity index (χ1) is 10.7. The first-order valence-corrected chi connectivity index (χ1v) is 8.31. The number of nitrogens with zero attached hydrogens (tertiary/aromatic N) is 2. The van der Waals surface area contributed by atoms with Crippen LogP contribution in [-0.2, 0) is 6.54 Å². The van der Waals surface area contributed by atoms with Crippen LogP contribution in [0.5, 0.6) is 0 Å². The lowest BCUT2D eigenvalue weighted by Crippen LogP contribution is -2.44. The number of benzene rings is 1. The quantitative estimate of drug-likeness (QED) is 0.942. The number of hydrogen-bond acceptors (Lipinski definition) is 4. The predicted molar refractivity (Wildman–Crippen MR) is 84.3 cm³/mol. The van der Waals surface area contributed by atoms with E-state index in [-0.39, 0.29) is 17.8 Å². The molecular formula is C16H18FN3OS. The van der Waals surface area contributed by atoms with E-state index in [0.717, 1.165) is 38.2 Å². The Balaban J connectivity index is 1.47. The molecule has 1 saturated heterocycles. The van der Waals surface area contributed by atoms with Gasteiger partial charge in [-0.25, -0.2) is 9.37 Å². The Bertz CT molecular complexity index is 607. The van der Waals surface area contributed by atoms with Crippen LogP contribution >= 0.6 is 11.3 Å². The van der Waals surface area contributed by atoms with Gasteiger partial charge in [-0.05, 0) is 37.1 Å². The molecule has 0 spiro atoms. The van der Waals surface area contributed by atoms with Gasteiger partial charge in [0.25, 0.3) is 5.91 Å². The largest absolute Gasteiger partial charge is 0.349 e. The molecule has 2 aromatic rings. The number of thiazole rings is 1. The maximum atomic E-state index is 12.9. The summed E-state index contributed by atoms with van der Waals surface area (Å²) in [5, 5.41) is 5.10. The van der Waals surface area contributed by atoms with Gasteiger partial charge < -0.3 is 5.32 Å². The lowest BCUT2D eigenvalue weighted by molar-refractivity contribution is 0.0908. The van der Waals surface area contributed by atoms with Crippen LogP contribution in [0.3, 0.4) is 0 Å². The standard InChI is InChI=1S/C16H18FN3OS/c17-13-3-1-12(2-4-13)16(21)19-14-5-7-20(8-6-14)9-15-10-22-11-18-15/h1-4,10-11,14H,5-9H2,(H,19,21). The topological polar surface area (TPSA) is 45.2 Å². The highest BCUT2D eigenvalue weighted by Gasteiger charge is 2.21. The number of likely N-dealkylation sites (tertiary alicyclic amines) is 1. The Labute approximate surface area is 133 Å². The first kappa shape index (κ1) is 15.1. The number of halogens is 1. The van der Waals surface area contributed by atoms with Crippen molar-refractivity contribution in [1.82, 2.24) is 15.2 Å². The molecule has 1 aromatic heterocycles. The summed E-state index contributed by atoms with van der Waals surface area (Å²) in [7, 11) is 0. The molecule has 0 radical (unpaired) electrons. The summed E-state index contributed by atoms with van der Waals surface area (Å²) in [5.74, 6) is -0.454. The van der Waals surface area contributed by atoms with Crippen LogP contribution < -0.4 is 5.32 Å². The molecule has 3 rings (SSSR count). The Kier molecular flexibility index (Phi) is 4.80.